The maximum atomic E-state index is 12.0. The number of aliphatic carboxylic acids is 1. The number of carbonyl (C=O) groups excluding carboxylic acids is 1. The van der Waals surface area contributed by atoms with Gasteiger partial charge in [-0.05, 0) is 38.5 Å². The molecule has 0 spiro atoms. The van der Waals surface area contributed by atoms with E-state index in [-0.39, 0.29) is 0 Å². The summed E-state index contributed by atoms with van der Waals surface area (Å²) in [4.78, 5) is 24.6. The number of carboxylic acids is 1. The Hall–Kier alpha value is -2.24. The lowest BCUT2D eigenvalue weighted by Crippen LogP contribution is -2.39. The number of rotatable bonds is 4. The van der Waals surface area contributed by atoms with E-state index in [1.165, 1.54) is 14.2 Å². The first-order valence-electron chi connectivity index (χ1n) is 6.48. The highest BCUT2D eigenvalue weighted by atomic mass is 16.6. The molecular formula is C15H21NO5. The molecule has 1 atom stereocenters. The van der Waals surface area contributed by atoms with Crippen molar-refractivity contribution in [2.75, 3.05) is 14.2 Å². The molecule has 0 unspecified atom stereocenters. The molecule has 6 heteroatoms. The predicted molar refractivity (Wildman–Crippen MR) is 77.4 cm³/mol. The molecule has 1 amide bonds. The predicted octanol–water partition coefficient (Wildman–Crippen LogP) is 2.69. The minimum Gasteiger partial charge on any atom is -0.497 e. The van der Waals surface area contributed by atoms with Crippen LogP contribution < -0.4 is 4.74 Å². The number of carbonyl (C=O) groups is 2. The molecule has 0 aliphatic rings. The molecule has 0 saturated carbocycles. The Balaban J connectivity index is 3.00. The topological polar surface area (TPSA) is 76.1 Å². The second-order valence-electron chi connectivity index (χ2n) is 5.61. The minimum absolute atomic E-state index is 0.469. The lowest BCUT2D eigenvalue weighted by molar-refractivity contribution is -0.142. The summed E-state index contributed by atoms with van der Waals surface area (Å²) in [7, 11) is 2.92. The standard InChI is InChI=1S/C15H21NO5/c1-15(2,3)21-14(19)16(4)12(13(17)18)10-6-8-11(20-5)9-7-10/h6-9,12H,1-5H3,(H,17,18)/t12-/m1/s1. The Bertz CT molecular complexity index is 504. The molecule has 0 aliphatic carbocycles. The second-order valence-corrected chi connectivity index (χ2v) is 5.61. The number of carboxylic acid groups (broad SMARTS) is 1. The molecule has 21 heavy (non-hydrogen) atoms. The van der Waals surface area contributed by atoms with Crippen LogP contribution in [0.3, 0.4) is 0 Å². The van der Waals surface area contributed by atoms with Gasteiger partial charge < -0.3 is 14.6 Å². The highest BCUT2D eigenvalue weighted by molar-refractivity contribution is 5.81. The first-order valence-corrected chi connectivity index (χ1v) is 6.48. The van der Waals surface area contributed by atoms with E-state index in [9.17, 15) is 14.7 Å². The van der Waals surface area contributed by atoms with E-state index in [0.717, 1.165) is 4.90 Å². The van der Waals surface area contributed by atoms with Crippen LogP contribution in [0.25, 0.3) is 0 Å². The van der Waals surface area contributed by atoms with Gasteiger partial charge in [0.1, 0.15) is 11.4 Å². The third-order valence-corrected chi connectivity index (χ3v) is 2.73. The summed E-state index contributed by atoms with van der Waals surface area (Å²) in [5.41, 5.74) is -0.217. The average molecular weight is 295 g/mol. The number of amides is 1. The van der Waals surface area contributed by atoms with Crippen molar-refractivity contribution in [3.05, 3.63) is 29.8 Å². The van der Waals surface area contributed by atoms with Crippen LogP contribution in [0.2, 0.25) is 0 Å². The molecule has 0 radical (unpaired) electrons. The molecule has 1 aromatic rings. The summed E-state index contributed by atoms with van der Waals surface area (Å²) in [6, 6.07) is 5.39. The zero-order valence-electron chi connectivity index (χ0n) is 12.9. The Morgan fingerprint density at radius 2 is 1.71 bits per heavy atom. The van der Waals surface area contributed by atoms with Crippen LogP contribution in [-0.4, -0.2) is 41.8 Å². The number of methoxy groups -OCH3 is 1. The van der Waals surface area contributed by atoms with Crippen molar-refractivity contribution in [2.24, 2.45) is 0 Å². The van der Waals surface area contributed by atoms with Gasteiger partial charge in [0.05, 0.1) is 7.11 Å². The van der Waals surface area contributed by atoms with Crippen LogP contribution in [-0.2, 0) is 9.53 Å². The zero-order valence-corrected chi connectivity index (χ0v) is 12.9. The first-order chi connectivity index (χ1) is 9.65. The van der Waals surface area contributed by atoms with Crippen LogP contribution >= 0.6 is 0 Å². The molecule has 0 heterocycles. The summed E-state index contributed by atoms with van der Waals surface area (Å²) < 4.78 is 10.2. The van der Waals surface area contributed by atoms with Gasteiger partial charge >= 0.3 is 12.1 Å². The van der Waals surface area contributed by atoms with Gasteiger partial charge in [-0.25, -0.2) is 9.59 Å². The fraction of sp³-hybridized carbons (Fsp3) is 0.467. The number of likely N-dealkylation sites (N-methyl/N-ethyl adjacent to an activating group) is 1. The Morgan fingerprint density at radius 1 is 1.19 bits per heavy atom. The quantitative estimate of drug-likeness (QED) is 0.924. The number of nitrogens with zero attached hydrogens (tertiary/aromatic N) is 1. The van der Waals surface area contributed by atoms with Crippen molar-refractivity contribution < 1.29 is 24.2 Å². The molecule has 1 rings (SSSR count). The summed E-state index contributed by atoms with van der Waals surface area (Å²) >= 11 is 0. The maximum absolute atomic E-state index is 12.0. The van der Waals surface area contributed by atoms with Crippen molar-refractivity contribution in [3.8, 4) is 5.75 Å². The highest BCUT2D eigenvalue weighted by Gasteiger charge is 2.31. The monoisotopic (exact) mass is 295 g/mol. The fourth-order valence-electron chi connectivity index (χ4n) is 1.76. The average Bonchev–Trinajstić information content (AvgIpc) is 2.37. The Labute approximate surface area is 124 Å². The van der Waals surface area contributed by atoms with Gasteiger partial charge in [0.15, 0.2) is 6.04 Å². The lowest BCUT2D eigenvalue weighted by Gasteiger charge is -2.28. The van der Waals surface area contributed by atoms with E-state index in [1.807, 2.05) is 0 Å². The van der Waals surface area contributed by atoms with E-state index in [4.69, 9.17) is 9.47 Å². The summed E-state index contributed by atoms with van der Waals surface area (Å²) in [6.07, 6.45) is -0.689. The summed E-state index contributed by atoms with van der Waals surface area (Å²) in [5.74, 6) is -0.517. The third kappa shape index (κ3) is 4.66. The first kappa shape index (κ1) is 16.8. The van der Waals surface area contributed by atoms with E-state index in [1.54, 1.807) is 45.0 Å². The van der Waals surface area contributed by atoms with Crippen LogP contribution in [0, 0.1) is 0 Å². The highest BCUT2D eigenvalue weighted by Crippen LogP contribution is 2.24. The third-order valence-electron chi connectivity index (χ3n) is 2.73. The molecule has 6 nitrogen and oxygen atoms in total. The minimum atomic E-state index is -1.13. The zero-order chi connectivity index (χ0) is 16.2. The van der Waals surface area contributed by atoms with Gasteiger partial charge in [-0.3, -0.25) is 4.90 Å². The summed E-state index contributed by atoms with van der Waals surface area (Å²) in [6.45, 7) is 5.17. The molecule has 116 valence electrons. The van der Waals surface area contributed by atoms with E-state index >= 15 is 0 Å². The Morgan fingerprint density at radius 3 is 2.10 bits per heavy atom. The maximum Gasteiger partial charge on any atom is 0.411 e. The normalized spacial score (nSPS) is 12.4. The molecule has 0 saturated heterocycles. The molecular weight excluding hydrogens is 274 g/mol. The van der Waals surface area contributed by atoms with Crippen LogP contribution in [0.5, 0.6) is 5.75 Å². The smallest absolute Gasteiger partial charge is 0.411 e. The van der Waals surface area contributed by atoms with Crippen LogP contribution in [0.15, 0.2) is 24.3 Å². The molecule has 1 N–H and O–H groups in total. The van der Waals surface area contributed by atoms with Crippen molar-refractivity contribution in [1.82, 2.24) is 4.90 Å². The van der Waals surface area contributed by atoms with Crippen molar-refractivity contribution in [2.45, 2.75) is 32.4 Å². The van der Waals surface area contributed by atoms with Gasteiger partial charge in [-0.2, -0.15) is 0 Å². The van der Waals surface area contributed by atoms with E-state index in [2.05, 4.69) is 0 Å². The number of hydrogen-bond acceptors (Lipinski definition) is 4. The molecule has 1 aromatic carbocycles. The van der Waals surface area contributed by atoms with Crippen LogP contribution in [0.4, 0.5) is 4.79 Å². The number of benzene rings is 1. The van der Waals surface area contributed by atoms with Gasteiger partial charge in [0, 0.05) is 7.05 Å². The fourth-order valence-corrected chi connectivity index (χ4v) is 1.76. The van der Waals surface area contributed by atoms with Gasteiger partial charge in [-0.1, -0.05) is 12.1 Å². The number of ether oxygens (including phenoxy) is 2. The summed E-state index contributed by atoms with van der Waals surface area (Å²) in [5, 5.41) is 9.39. The molecule has 0 bridgehead atoms. The molecule has 0 aliphatic heterocycles. The van der Waals surface area contributed by atoms with Gasteiger partial charge in [0.25, 0.3) is 0 Å². The van der Waals surface area contributed by atoms with Crippen molar-refractivity contribution in [1.29, 1.82) is 0 Å². The van der Waals surface area contributed by atoms with E-state index < -0.39 is 23.7 Å². The SMILES string of the molecule is COc1ccc([C@H](C(=O)O)N(C)C(=O)OC(C)(C)C)cc1. The molecule has 0 fully saturated rings. The largest absolute Gasteiger partial charge is 0.497 e. The van der Waals surface area contributed by atoms with Crippen LogP contribution in [0.1, 0.15) is 32.4 Å². The Kier molecular flexibility index (Phi) is 5.18. The lowest BCUT2D eigenvalue weighted by atomic mass is 10.1. The molecule has 0 aromatic heterocycles. The number of hydrogen-bond donors (Lipinski definition) is 1. The second kappa shape index (κ2) is 6.47. The van der Waals surface area contributed by atoms with Crippen molar-refractivity contribution in [3.63, 3.8) is 0 Å². The van der Waals surface area contributed by atoms with Crippen molar-refractivity contribution >= 4 is 12.1 Å². The van der Waals surface area contributed by atoms with Gasteiger partial charge in [0.2, 0.25) is 0 Å². The van der Waals surface area contributed by atoms with Gasteiger partial charge in [-0.15, -0.1) is 0 Å². The van der Waals surface area contributed by atoms with E-state index in [0.29, 0.717) is 11.3 Å².